The van der Waals surface area contributed by atoms with Crippen LogP contribution in [-0.4, -0.2) is 76.9 Å². The fourth-order valence-electron chi connectivity index (χ4n) is 6.13. The smallest absolute Gasteiger partial charge is 0.271 e. The molecule has 36 heavy (non-hydrogen) atoms. The Bertz CT molecular complexity index is 1180. The molecule has 2 aromatic rings. The molecule has 3 aliphatic heterocycles. The second-order valence-corrected chi connectivity index (χ2v) is 10.0. The van der Waals surface area contributed by atoms with E-state index in [1.807, 2.05) is 18.2 Å². The number of hydrogen-bond acceptors (Lipinski definition) is 6. The summed E-state index contributed by atoms with van der Waals surface area (Å²) in [5.74, 6) is -1.12. The first-order valence-electron chi connectivity index (χ1n) is 12.6. The van der Waals surface area contributed by atoms with Gasteiger partial charge in [0.15, 0.2) is 5.78 Å². The minimum atomic E-state index is -0.980. The molecular weight excluding hydrogens is 464 g/mol. The van der Waals surface area contributed by atoms with Crippen LogP contribution in [-0.2, 0) is 14.4 Å². The number of methoxy groups -OCH3 is 1. The lowest BCUT2D eigenvalue weighted by molar-refractivity contribution is -0.137. The van der Waals surface area contributed by atoms with Crippen LogP contribution in [0.4, 0.5) is 0 Å². The number of carbonyl (C=O) groups excluding carboxylic acids is 4. The van der Waals surface area contributed by atoms with Gasteiger partial charge in [-0.2, -0.15) is 0 Å². The molecule has 4 fully saturated rings. The molecule has 192 valence electrons. The van der Waals surface area contributed by atoms with Crippen molar-refractivity contribution in [1.29, 1.82) is 0 Å². The first-order valence-corrected chi connectivity index (χ1v) is 12.6. The molecule has 2 bridgehead atoms. The largest absolute Gasteiger partial charge is 0.496 e. The highest BCUT2D eigenvalue weighted by Crippen LogP contribution is 2.41. The summed E-state index contributed by atoms with van der Waals surface area (Å²) in [6.45, 7) is -0.197. The summed E-state index contributed by atoms with van der Waals surface area (Å²) in [5.41, 5.74) is 1.15. The Kier molecular flexibility index (Phi) is 6.70. The van der Waals surface area contributed by atoms with E-state index >= 15 is 0 Å². The van der Waals surface area contributed by atoms with Gasteiger partial charge in [-0.1, -0.05) is 6.07 Å². The zero-order valence-corrected chi connectivity index (χ0v) is 20.3. The van der Waals surface area contributed by atoms with Gasteiger partial charge in [-0.15, -0.1) is 0 Å². The zero-order valence-electron chi connectivity index (χ0n) is 20.3. The summed E-state index contributed by atoms with van der Waals surface area (Å²) in [4.78, 5) is 56.8. The van der Waals surface area contributed by atoms with Gasteiger partial charge in [0.1, 0.15) is 24.1 Å². The van der Waals surface area contributed by atoms with Crippen LogP contribution in [0.3, 0.4) is 0 Å². The molecule has 10 heteroatoms. The van der Waals surface area contributed by atoms with E-state index in [2.05, 4.69) is 15.6 Å². The number of amides is 3. The maximum absolute atomic E-state index is 13.8. The maximum atomic E-state index is 13.8. The van der Waals surface area contributed by atoms with Crippen LogP contribution in [0, 0.1) is 11.8 Å². The number of ether oxygens (including phenoxy) is 1. The Morgan fingerprint density at radius 1 is 1.19 bits per heavy atom. The lowest BCUT2D eigenvalue weighted by Crippen LogP contribution is -2.64. The lowest BCUT2D eigenvalue weighted by Gasteiger charge is -2.50. The zero-order chi connectivity index (χ0) is 25.4. The first-order chi connectivity index (χ1) is 17.4. The van der Waals surface area contributed by atoms with Gasteiger partial charge in [-0.05, 0) is 62.6 Å². The molecule has 1 aromatic carbocycles. The van der Waals surface area contributed by atoms with Gasteiger partial charge in [0, 0.05) is 29.4 Å². The molecule has 4 heterocycles. The lowest BCUT2D eigenvalue weighted by atomic mass is 9.74. The van der Waals surface area contributed by atoms with E-state index in [0.717, 1.165) is 36.6 Å². The number of ketones is 1. The molecule has 0 spiro atoms. The summed E-state index contributed by atoms with van der Waals surface area (Å²) in [6.07, 6.45) is 4.02. The third-order valence-corrected chi connectivity index (χ3v) is 8.00. The van der Waals surface area contributed by atoms with Crippen molar-refractivity contribution < 1.29 is 29.0 Å². The Morgan fingerprint density at radius 2 is 1.97 bits per heavy atom. The van der Waals surface area contributed by atoms with Crippen molar-refractivity contribution in [3.05, 3.63) is 30.0 Å². The number of benzene rings is 1. The fourth-order valence-corrected chi connectivity index (χ4v) is 6.13. The number of hydrogen-bond donors (Lipinski definition) is 4. The van der Waals surface area contributed by atoms with Crippen molar-refractivity contribution in [2.75, 3.05) is 20.3 Å². The highest BCUT2D eigenvalue weighted by Gasteiger charge is 2.48. The topological polar surface area (TPSA) is 141 Å². The molecule has 1 saturated carbocycles. The van der Waals surface area contributed by atoms with Crippen LogP contribution in [0.25, 0.3) is 10.9 Å². The highest BCUT2D eigenvalue weighted by atomic mass is 16.5. The van der Waals surface area contributed by atoms with E-state index in [0.29, 0.717) is 24.4 Å². The van der Waals surface area contributed by atoms with Crippen LogP contribution >= 0.6 is 0 Å². The van der Waals surface area contributed by atoms with E-state index in [9.17, 15) is 24.3 Å². The molecule has 0 unspecified atom stereocenters. The molecule has 3 amide bonds. The predicted octanol–water partition coefficient (Wildman–Crippen LogP) is 1.13. The number of aliphatic hydroxyl groups is 1. The molecule has 10 nitrogen and oxygen atoms in total. The van der Waals surface area contributed by atoms with Gasteiger partial charge in [0.2, 0.25) is 11.8 Å². The van der Waals surface area contributed by atoms with Crippen molar-refractivity contribution in [2.24, 2.45) is 11.8 Å². The standard InChI is InChI=1S/C26H32N4O6/c1-36-22-4-2-3-18-17(22)12-20(28-18)26(35)30-16-7-5-14(6-8-16)23(30)25(34)29-19(21(32)13-31)11-15-9-10-27-24(15)33/h2-4,12,14-16,19,23,28,31H,5-11,13H2,1H3,(H,27,33)(H,29,34)/t14?,15-,16?,19-,23-/m1/s1. The number of fused-ring (bicyclic) bond motifs is 4. The van der Waals surface area contributed by atoms with E-state index in [4.69, 9.17) is 4.74 Å². The van der Waals surface area contributed by atoms with Gasteiger partial charge < -0.3 is 30.4 Å². The number of aliphatic hydroxyl groups excluding tert-OH is 1. The predicted molar refractivity (Wildman–Crippen MR) is 130 cm³/mol. The number of aromatic nitrogens is 1. The molecule has 4 aliphatic rings. The number of piperidine rings is 2. The average Bonchev–Trinajstić information content (AvgIpc) is 3.53. The minimum absolute atomic E-state index is 0.0162. The number of rotatable bonds is 8. The van der Waals surface area contributed by atoms with E-state index in [1.165, 1.54) is 0 Å². The van der Waals surface area contributed by atoms with Crippen molar-refractivity contribution >= 4 is 34.4 Å². The third-order valence-electron chi connectivity index (χ3n) is 8.00. The third kappa shape index (κ3) is 4.34. The second-order valence-electron chi connectivity index (χ2n) is 10.0. The van der Waals surface area contributed by atoms with Crippen LogP contribution < -0.4 is 15.4 Å². The number of Topliss-reactive ketones (excluding diaryl/α,β-unsaturated/α-hetero) is 1. The van der Waals surface area contributed by atoms with Gasteiger partial charge in [0.25, 0.3) is 5.91 Å². The van der Waals surface area contributed by atoms with Gasteiger partial charge in [0.05, 0.1) is 13.2 Å². The summed E-state index contributed by atoms with van der Waals surface area (Å²) in [5, 5.41) is 15.8. The molecule has 0 radical (unpaired) electrons. The molecule has 3 atom stereocenters. The average molecular weight is 497 g/mol. The molecule has 6 rings (SSSR count). The number of aromatic amines is 1. The maximum Gasteiger partial charge on any atom is 0.271 e. The van der Waals surface area contributed by atoms with Gasteiger partial charge in [-0.3, -0.25) is 19.2 Å². The number of H-pyrrole nitrogens is 1. The van der Waals surface area contributed by atoms with Crippen molar-refractivity contribution in [3.63, 3.8) is 0 Å². The van der Waals surface area contributed by atoms with Gasteiger partial charge in [-0.25, -0.2) is 0 Å². The number of nitrogens with one attached hydrogen (secondary N) is 3. The number of nitrogens with zero attached hydrogens (tertiary/aromatic N) is 1. The molecule has 3 saturated heterocycles. The number of carbonyl (C=O) groups is 4. The summed E-state index contributed by atoms with van der Waals surface area (Å²) < 4.78 is 5.42. The van der Waals surface area contributed by atoms with Crippen LogP contribution in [0.15, 0.2) is 24.3 Å². The second kappa shape index (κ2) is 9.93. The van der Waals surface area contributed by atoms with E-state index < -0.39 is 36.3 Å². The van der Waals surface area contributed by atoms with Crippen molar-refractivity contribution in [2.45, 2.75) is 56.7 Å². The monoisotopic (exact) mass is 496 g/mol. The van der Waals surface area contributed by atoms with Crippen molar-refractivity contribution in [3.8, 4) is 5.75 Å². The van der Waals surface area contributed by atoms with Gasteiger partial charge >= 0.3 is 0 Å². The SMILES string of the molecule is COc1cccc2[nH]c(C(=O)N3C4CCC(CC4)[C@@H]3C(=O)N[C@H](C[C@H]3CCNC3=O)C(=O)CO)cc12. The fraction of sp³-hybridized carbons (Fsp3) is 0.538. The molecule has 4 N–H and O–H groups in total. The highest BCUT2D eigenvalue weighted by molar-refractivity contribution is 6.02. The van der Waals surface area contributed by atoms with Crippen molar-refractivity contribution in [1.82, 2.24) is 20.5 Å². The quantitative estimate of drug-likeness (QED) is 0.432. The summed E-state index contributed by atoms with van der Waals surface area (Å²) in [7, 11) is 1.58. The Balaban J connectivity index is 1.40. The Labute approximate surface area is 208 Å². The first kappa shape index (κ1) is 24.3. The Hall–Kier alpha value is -3.40. The summed E-state index contributed by atoms with van der Waals surface area (Å²) >= 11 is 0. The van der Waals surface area contributed by atoms with E-state index in [1.54, 1.807) is 18.1 Å². The Morgan fingerprint density at radius 3 is 2.64 bits per heavy atom. The van der Waals surface area contributed by atoms with Crippen LogP contribution in [0.1, 0.15) is 49.0 Å². The van der Waals surface area contributed by atoms with Crippen LogP contribution in [0.5, 0.6) is 5.75 Å². The summed E-state index contributed by atoms with van der Waals surface area (Å²) in [6, 6.07) is 5.52. The van der Waals surface area contributed by atoms with E-state index in [-0.39, 0.29) is 30.2 Å². The minimum Gasteiger partial charge on any atom is -0.496 e. The molecule has 1 aromatic heterocycles. The molecule has 1 aliphatic carbocycles. The van der Waals surface area contributed by atoms with Crippen LogP contribution in [0.2, 0.25) is 0 Å². The normalized spacial score (nSPS) is 26.1. The molecular formula is C26H32N4O6.